The largest absolute Gasteiger partial charge is 0.381 e. The third kappa shape index (κ3) is 4.95. The SMILES string of the molecule is CO[C@H]1CCC[C@@H](C(=O)N2CCC(c3cccc(Nc4ncc(C)s4)n3)CC2)C1. The highest BCUT2D eigenvalue weighted by molar-refractivity contribution is 7.15. The molecule has 2 atom stereocenters. The molecule has 7 heteroatoms. The van der Waals surface area contributed by atoms with Gasteiger partial charge in [-0.1, -0.05) is 12.5 Å². The Labute approximate surface area is 176 Å². The normalized spacial score (nSPS) is 23.2. The Morgan fingerprint density at radius 1 is 1.24 bits per heavy atom. The zero-order valence-corrected chi connectivity index (χ0v) is 18.1. The minimum atomic E-state index is 0.137. The number of aromatic nitrogens is 2. The van der Waals surface area contributed by atoms with Gasteiger partial charge in [-0.2, -0.15) is 0 Å². The van der Waals surface area contributed by atoms with Crippen LogP contribution in [0.3, 0.4) is 0 Å². The molecule has 156 valence electrons. The molecule has 0 unspecified atom stereocenters. The maximum Gasteiger partial charge on any atom is 0.225 e. The quantitative estimate of drug-likeness (QED) is 0.780. The topological polar surface area (TPSA) is 67.3 Å². The van der Waals surface area contributed by atoms with E-state index in [0.29, 0.717) is 11.8 Å². The molecule has 2 aliphatic rings. The lowest BCUT2D eigenvalue weighted by atomic mass is 9.85. The Morgan fingerprint density at radius 2 is 2.07 bits per heavy atom. The maximum absolute atomic E-state index is 13.0. The summed E-state index contributed by atoms with van der Waals surface area (Å²) in [6, 6.07) is 6.13. The van der Waals surface area contributed by atoms with Crippen LogP contribution in [0.2, 0.25) is 0 Å². The number of piperidine rings is 1. The van der Waals surface area contributed by atoms with Crippen molar-refractivity contribution in [1.82, 2.24) is 14.9 Å². The fourth-order valence-electron chi connectivity index (χ4n) is 4.51. The first-order valence-corrected chi connectivity index (χ1v) is 11.4. The van der Waals surface area contributed by atoms with E-state index in [1.165, 1.54) is 4.88 Å². The van der Waals surface area contributed by atoms with Crippen LogP contribution in [0.5, 0.6) is 0 Å². The van der Waals surface area contributed by atoms with Gasteiger partial charge in [0.25, 0.3) is 0 Å². The van der Waals surface area contributed by atoms with Crippen molar-refractivity contribution in [3.63, 3.8) is 0 Å². The molecule has 1 saturated heterocycles. The number of hydrogen-bond acceptors (Lipinski definition) is 6. The van der Waals surface area contributed by atoms with Gasteiger partial charge in [0, 0.05) is 48.8 Å². The highest BCUT2D eigenvalue weighted by atomic mass is 32.1. The number of hydrogen-bond donors (Lipinski definition) is 1. The molecule has 1 aliphatic heterocycles. The number of likely N-dealkylation sites (tertiary alicyclic amines) is 1. The summed E-state index contributed by atoms with van der Waals surface area (Å²) in [4.78, 5) is 25.4. The Kier molecular flexibility index (Phi) is 6.45. The number of nitrogens with one attached hydrogen (secondary N) is 1. The molecule has 1 amide bonds. The smallest absolute Gasteiger partial charge is 0.225 e. The van der Waals surface area contributed by atoms with Gasteiger partial charge < -0.3 is 15.0 Å². The summed E-state index contributed by atoms with van der Waals surface area (Å²) in [5.41, 5.74) is 1.10. The van der Waals surface area contributed by atoms with Crippen LogP contribution in [0, 0.1) is 12.8 Å². The number of pyridine rings is 1. The van der Waals surface area contributed by atoms with Crippen molar-refractivity contribution in [2.24, 2.45) is 5.92 Å². The van der Waals surface area contributed by atoms with Gasteiger partial charge in [0.05, 0.1) is 6.10 Å². The van der Waals surface area contributed by atoms with E-state index in [9.17, 15) is 4.79 Å². The number of amides is 1. The van der Waals surface area contributed by atoms with Crippen molar-refractivity contribution in [2.75, 3.05) is 25.5 Å². The predicted molar refractivity (Wildman–Crippen MR) is 116 cm³/mol. The molecule has 6 nitrogen and oxygen atoms in total. The zero-order chi connectivity index (χ0) is 20.2. The number of methoxy groups -OCH3 is 1. The molecule has 2 aromatic rings. The maximum atomic E-state index is 13.0. The van der Waals surface area contributed by atoms with Crippen LogP contribution in [-0.4, -0.2) is 47.1 Å². The minimum Gasteiger partial charge on any atom is -0.381 e. The summed E-state index contributed by atoms with van der Waals surface area (Å²) in [6.07, 6.45) is 8.11. The first-order valence-electron chi connectivity index (χ1n) is 10.6. The standard InChI is InChI=1S/C22H30N4O2S/c1-15-14-23-22(29-15)25-20-8-4-7-19(24-20)16-9-11-26(12-10-16)21(27)17-5-3-6-18(13-17)28-2/h4,7-8,14,16-18H,3,5-6,9-13H2,1-2H3,(H,23,24,25)/t17-,18+/m1/s1. The highest BCUT2D eigenvalue weighted by Gasteiger charge is 2.32. The van der Waals surface area contributed by atoms with Crippen LogP contribution in [0.15, 0.2) is 24.4 Å². The fraction of sp³-hybridized carbons (Fsp3) is 0.591. The summed E-state index contributed by atoms with van der Waals surface area (Å²) in [5, 5.41) is 4.17. The van der Waals surface area contributed by atoms with Crippen LogP contribution in [0.25, 0.3) is 0 Å². The van der Waals surface area contributed by atoms with E-state index in [1.54, 1.807) is 18.4 Å². The van der Waals surface area contributed by atoms with E-state index in [4.69, 9.17) is 9.72 Å². The summed E-state index contributed by atoms with van der Waals surface area (Å²) in [6.45, 7) is 3.69. The lowest BCUT2D eigenvalue weighted by Crippen LogP contribution is -2.43. The lowest BCUT2D eigenvalue weighted by Gasteiger charge is -2.36. The average molecular weight is 415 g/mol. The molecule has 0 aromatic carbocycles. The van der Waals surface area contributed by atoms with Crippen molar-refractivity contribution < 1.29 is 9.53 Å². The number of thiazole rings is 1. The second kappa shape index (κ2) is 9.22. The van der Waals surface area contributed by atoms with E-state index in [1.807, 2.05) is 19.2 Å². The van der Waals surface area contributed by atoms with Gasteiger partial charge in [0.1, 0.15) is 5.82 Å². The Balaban J connectivity index is 1.33. The fourth-order valence-corrected chi connectivity index (χ4v) is 5.18. The molecule has 0 radical (unpaired) electrons. The summed E-state index contributed by atoms with van der Waals surface area (Å²) >= 11 is 1.63. The zero-order valence-electron chi connectivity index (χ0n) is 17.3. The van der Waals surface area contributed by atoms with Crippen LogP contribution >= 0.6 is 11.3 Å². The summed E-state index contributed by atoms with van der Waals surface area (Å²) < 4.78 is 5.50. The molecule has 2 fully saturated rings. The van der Waals surface area contributed by atoms with Crippen molar-refractivity contribution in [3.8, 4) is 0 Å². The molecule has 0 spiro atoms. The van der Waals surface area contributed by atoms with Crippen LogP contribution in [0.4, 0.5) is 10.9 Å². The van der Waals surface area contributed by atoms with Crippen LogP contribution in [0.1, 0.15) is 55.0 Å². The van der Waals surface area contributed by atoms with Crippen molar-refractivity contribution in [3.05, 3.63) is 35.0 Å². The minimum absolute atomic E-state index is 0.137. The molecule has 0 bridgehead atoms. The number of carbonyl (C=O) groups excluding carboxylic acids is 1. The van der Waals surface area contributed by atoms with Crippen molar-refractivity contribution in [2.45, 2.75) is 57.5 Å². The van der Waals surface area contributed by atoms with Gasteiger partial charge in [-0.05, 0) is 51.2 Å². The highest BCUT2D eigenvalue weighted by Crippen LogP contribution is 2.32. The van der Waals surface area contributed by atoms with Crippen LogP contribution < -0.4 is 5.32 Å². The van der Waals surface area contributed by atoms with E-state index in [-0.39, 0.29) is 12.0 Å². The molecule has 1 aliphatic carbocycles. The third-order valence-corrected chi connectivity index (χ3v) is 6.99. The number of nitrogens with zero attached hydrogens (tertiary/aromatic N) is 3. The van der Waals surface area contributed by atoms with Crippen LogP contribution in [-0.2, 0) is 9.53 Å². The molecular weight excluding hydrogens is 384 g/mol. The number of ether oxygens (including phenoxy) is 1. The van der Waals surface area contributed by atoms with E-state index >= 15 is 0 Å². The van der Waals surface area contributed by atoms with Gasteiger partial charge >= 0.3 is 0 Å². The van der Waals surface area contributed by atoms with E-state index in [0.717, 1.165) is 68.3 Å². The Morgan fingerprint density at radius 3 is 2.79 bits per heavy atom. The molecule has 2 aromatic heterocycles. The lowest BCUT2D eigenvalue weighted by molar-refractivity contribution is -0.139. The van der Waals surface area contributed by atoms with Gasteiger partial charge in [-0.3, -0.25) is 4.79 Å². The second-order valence-corrected chi connectivity index (χ2v) is 9.40. The summed E-state index contributed by atoms with van der Waals surface area (Å²) in [5.74, 6) is 1.70. The van der Waals surface area contributed by atoms with Crippen molar-refractivity contribution >= 4 is 28.2 Å². The van der Waals surface area contributed by atoms with E-state index in [2.05, 4.69) is 27.3 Å². The Bertz CT molecular complexity index is 832. The van der Waals surface area contributed by atoms with Gasteiger partial charge in [0.15, 0.2) is 5.13 Å². The molecule has 1 N–H and O–H groups in total. The molecular formula is C22H30N4O2S. The average Bonchev–Trinajstić information content (AvgIpc) is 3.18. The first-order chi connectivity index (χ1) is 14.1. The molecule has 3 heterocycles. The Hall–Kier alpha value is -1.99. The summed E-state index contributed by atoms with van der Waals surface area (Å²) in [7, 11) is 1.76. The molecule has 1 saturated carbocycles. The van der Waals surface area contributed by atoms with Gasteiger partial charge in [-0.25, -0.2) is 9.97 Å². The predicted octanol–water partition coefficient (Wildman–Crippen LogP) is 4.50. The number of carbonyl (C=O) groups is 1. The second-order valence-electron chi connectivity index (χ2n) is 8.17. The third-order valence-electron chi connectivity index (χ3n) is 6.16. The van der Waals surface area contributed by atoms with Crippen molar-refractivity contribution in [1.29, 1.82) is 0 Å². The molecule has 29 heavy (non-hydrogen) atoms. The number of rotatable bonds is 5. The first kappa shape index (κ1) is 20.3. The number of aryl methyl sites for hydroxylation is 1. The molecule has 4 rings (SSSR count). The van der Waals surface area contributed by atoms with Gasteiger partial charge in [-0.15, -0.1) is 11.3 Å². The monoisotopic (exact) mass is 414 g/mol. The number of anilines is 2. The van der Waals surface area contributed by atoms with E-state index < -0.39 is 0 Å². The van der Waals surface area contributed by atoms with Gasteiger partial charge in [0.2, 0.25) is 5.91 Å².